The number of hydrogen-bond donors (Lipinski definition) is 1. The van der Waals surface area contributed by atoms with Crippen molar-refractivity contribution < 1.29 is 14.7 Å². The summed E-state index contributed by atoms with van der Waals surface area (Å²) in [5.41, 5.74) is 0.589. The summed E-state index contributed by atoms with van der Waals surface area (Å²) in [6, 6.07) is 7.75. The lowest BCUT2D eigenvalue weighted by Crippen LogP contribution is -2.45. The predicted molar refractivity (Wildman–Crippen MR) is 73.1 cm³/mol. The minimum absolute atomic E-state index is 0.339. The molecule has 19 heavy (non-hydrogen) atoms. The summed E-state index contributed by atoms with van der Waals surface area (Å²) in [6.45, 7) is 3.52. The standard InChI is InChI=1S/C15H19NO3/c1-15(2,14(18)19)13(17)16-10-6-5-8-11-7-3-4-9-12(11)16/h3-4,7,9H,5-6,8,10H2,1-2H3,(H,18,19). The molecule has 2 rings (SSSR count). The zero-order valence-corrected chi connectivity index (χ0v) is 11.3. The predicted octanol–water partition coefficient (Wildman–Crippen LogP) is 2.47. The largest absolute Gasteiger partial charge is 0.480 e. The highest BCUT2D eigenvalue weighted by atomic mass is 16.4. The van der Waals surface area contributed by atoms with E-state index in [9.17, 15) is 14.7 Å². The Morgan fingerprint density at radius 3 is 2.58 bits per heavy atom. The Morgan fingerprint density at radius 2 is 1.89 bits per heavy atom. The number of benzene rings is 1. The summed E-state index contributed by atoms with van der Waals surface area (Å²) in [6.07, 6.45) is 2.86. The molecule has 0 unspecified atom stereocenters. The van der Waals surface area contributed by atoms with E-state index in [-0.39, 0.29) is 5.91 Å². The number of carbonyl (C=O) groups is 2. The van der Waals surface area contributed by atoms with Crippen molar-refractivity contribution in [1.29, 1.82) is 0 Å². The molecule has 1 aromatic carbocycles. The Hall–Kier alpha value is -1.84. The first-order chi connectivity index (χ1) is 8.94. The molecular formula is C15H19NO3. The van der Waals surface area contributed by atoms with Gasteiger partial charge in [0, 0.05) is 12.2 Å². The van der Waals surface area contributed by atoms with Gasteiger partial charge in [0.1, 0.15) is 5.41 Å². The quantitative estimate of drug-likeness (QED) is 0.832. The van der Waals surface area contributed by atoms with Gasteiger partial charge < -0.3 is 10.0 Å². The molecule has 1 aliphatic rings. The number of carbonyl (C=O) groups excluding carboxylic acids is 1. The number of amides is 1. The van der Waals surface area contributed by atoms with E-state index in [1.54, 1.807) is 4.90 Å². The number of carboxylic acid groups (broad SMARTS) is 1. The molecule has 4 heteroatoms. The summed E-state index contributed by atoms with van der Waals surface area (Å²) < 4.78 is 0. The van der Waals surface area contributed by atoms with Gasteiger partial charge in [-0.2, -0.15) is 0 Å². The van der Waals surface area contributed by atoms with E-state index in [1.165, 1.54) is 13.8 Å². The molecule has 4 nitrogen and oxygen atoms in total. The third-order valence-corrected chi connectivity index (χ3v) is 3.67. The van der Waals surface area contributed by atoms with Crippen LogP contribution in [0.15, 0.2) is 24.3 Å². The van der Waals surface area contributed by atoms with Crippen LogP contribution in [0.4, 0.5) is 5.69 Å². The van der Waals surface area contributed by atoms with E-state index >= 15 is 0 Å². The van der Waals surface area contributed by atoms with Gasteiger partial charge in [-0.1, -0.05) is 18.2 Å². The van der Waals surface area contributed by atoms with E-state index in [1.807, 2.05) is 24.3 Å². The first kappa shape index (κ1) is 13.6. The first-order valence-corrected chi connectivity index (χ1v) is 6.58. The number of hydrogen-bond acceptors (Lipinski definition) is 2. The molecule has 1 heterocycles. The van der Waals surface area contributed by atoms with Crippen LogP contribution in [0.2, 0.25) is 0 Å². The number of fused-ring (bicyclic) bond motifs is 1. The monoisotopic (exact) mass is 261 g/mol. The SMILES string of the molecule is CC(C)(C(=O)O)C(=O)N1CCCCc2ccccc21. The van der Waals surface area contributed by atoms with Crippen molar-refractivity contribution in [3.63, 3.8) is 0 Å². The van der Waals surface area contributed by atoms with Crippen LogP contribution in [-0.4, -0.2) is 23.5 Å². The van der Waals surface area contributed by atoms with Gasteiger partial charge in [0.05, 0.1) is 0 Å². The highest BCUT2D eigenvalue weighted by Crippen LogP contribution is 2.30. The minimum atomic E-state index is -1.39. The van der Waals surface area contributed by atoms with E-state index in [4.69, 9.17) is 0 Å². The average Bonchev–Trinajstić information content (AvgIpc) is 2.59. The number of rotatable bonds is 2. The molecule has 1 N–H and O–H groups in total. The number of para-hydroxylation sites is 1. The second-order valence-corrected chi connectivity index (χ2v) is 5.47. The molecule has 0 saturated carbocycles. The van der Waals surface area contributed by atoms with Crippen molar-refractivity contribution in [2.45, 2.75) is 33.1 Å². The fraction of sp³-hybridized carbons (Fsp3) is 0.467. The topological polar surface area (TPSA) is 57.6 Å². The normalized spacial score (nSPS) is 15.6. The molecule has 0 aromatic heterocycles. The lowest BCUT2D eigenvalue weighted by atomic mass is 9.91. The van der Waals surface area contributed by atoms with Crippen molar-refractivity contribution in [3.8, 4) is 0 Å². The highest BCUT2D eigenvalue weighted by molar-refractivity contribution is 6.09. The maximum absolute atomic E-state index is 12.5. The number of carboxylic acids is 1. The van der Waals surface area contributed by atoms with Crippen molar-refractivity contribution in [1.82, 2.24) is 0 Å². The maximum Gasteiger partial charge on any atom is 0.318 e. The Bertz CT molecular complexity index is 508. The number of nitrogens with zero attached hydrogens (tertiary/aromatic N) is 1. The van der Waals surface area contributed by atoms with E-state index in [0.717, 1.165) is 30.5 Å². The molecule has 0 saturated heterocycles. The zero-order chi connectivity index (χ0) is 14.0. The molecule has 0 fully saturated rings. The Labute approximate surface area is 113 Å². The van der Waals surface area contributed by atoms with Gasteiger partial charge in [-0.05, 0) is 44.7 Å². The molecule has 1 aromatic rings. The van der Waals surface area contributed by atoms with Crippen molar-refractivity contribution in [2.75, 3.05) is 11.4 Å². The molecule has 102 valence electrons. The highest BCUT2D eigenvalue weighted by Gasteiger charge is 2.40. The summed E-state index contributed by atoms with van der Waals surface area (Å²) in [5, 5.41) is 9.21. The summed E-state index contributed by atoms with van der Waals surface area (Å²) in [7, 11) is 0. The fourth-order valence-electron chi connectivity index (χ4n) is 2.33. The van der Waals surface area contributed by atoms with Gasteiger partial charge in [0.15, 0.2) is 0 Å². The van der Waals surface area contributed by atoms with Crippen LogP contribution in [0.3, 0.4) is 0 Å². The molecule has 1 aliphatic heterocycles. The third kappa shape index (κ3) is 2.48. The van der Waals surface area contributed by atoms with Gasteiger partial charge in [0.25, 0.3) is 0 Å². The lowest BCUT2D eigenvalue weighted by molar-refractivity contribution is -0.152. The Kier molecular flexibility index (Phi) is 3.60. The fourth-order valence-corrected chi connectivity index (χ4v) is 2.33. The van der Waals surface area contributed by atoms with Crippen LogP contribution >= 0.6 is 0 Å². The summed E-state index contributed by atoms with van der Waals surface area (Å²) >= 11 is 0. The van der Waals surface area contributed by atoms with E-state index in [0.29, 0.717) is 6.54 Å². The van der Waals surface area contributed by atoms with Crippen LogP contribution in [0.1, 0.15) is 32.3 Å². The summed E-state index contributed by atoms with van der Waals surface area (Å²) in [4.78, 5) is 25.4. The maximum atomic E-state index is 12.5. The van der Waals surface area contributed by atoms with Crippen molar-refractivity contribution in [3.05, 3.63) is 29.8 Å². The number of anilines is 1. The third-order valence-electron chi connectivity index (χ3n) is 3.67. The molecule has 0 radical (unpaired) electrons. The Balaban J connectivity index is 2.40. The molecule has 0 bridgehead atoms. The molecular weight excluding hydrogens is 242 g/mol. The van der Waals surface area contributed by atoms with Gasteiger partial charge in [-0.3, -0.25) is 9.59 Å². The van der Waals surface area contributed by atoms with E-state index < -0.39 is 11.4 Å². The van der Waals surface area contributed by atoms with Crippen LogP contribution in [0.25, 0.3) is 0 Å². The molecule has 0 atom stereocenters. The van der Waals surface area contributed by atoms with E-state index in [2.05, 4.69) is 0 Å². The summed E-state index contributed by atoms with van der Waals surface area (Å²) in [5.74, 6) is -1.42. The Morgan fingerprint density at radius 1 is 1.21 bits per heavy atom. The van der Waals surface area contributed by atoms with Crippen molar-refractivity contribution in [2.24, 2.45) is 5.41 Å². The number of aryl methyl sites for hydroxylation is 1. The van der Waals surface area contributed by atoms with Crippen LogP contribution in [-0.2, 0) is 16.0 Å². The van der Waals surface area contributed by atoms with Gasteiger partial charge in [-0.15, -0.1) is 0 Å². The molecule has 1 amide bonds. The first-order valence-electron chi connectivity index (χ1n) is 6.58. The second-order valence-electron chi connectivity index (χ2n) is 5.47. The minimum Gasteiger partial charge on any atom is -0.480 e. The zero-order valence-electron chi connectivity index (χ0n) is 11.3. The second kappa shape index (κ2) is 5.03. The molecule has 0 spiro atoms. The van der Waals surface area contributed by atoms with Gasteiger partial charge in [-0.25, -0.2) is 0 Å². The average molecular weight is 261 g/mol. The van der Waals surface area contributed by atoms with Crippen LogP contribution in [0, 0.1) is 5.41 Å². The lowest BCUT2D eigenvalue weighted by Gasteiger charge is -2.29. The molecule has 0 aliphatic carbocycles. The van der Waals surface area contributed by atoms with Crippen LogP contribution < -0.4 is 4.90 Å². The smallest absolute Gasteiger partial charge is 0.318 e. The van der Waals surface area contributed by atoms with Gasteiger partial charge >= 0.3 is 5.97 Å². The number of aliphatic carboxylic acids is 1. The van der Waals surface area contributed by atoms with Crippen LogP contribution in [0.5, 0.6) is 0 Å². The van der Waals surface area contributed by atoms with Gasteiger partial charge in [0.2, 0.25) is 5.91 Å². The van der Waals surface area contributed by atoms with Crippen molar-refractivity contribution >= 4 is 17.6 Å².